The smallest absolute Gasteiger partial charge is 0.174 e. The molecule has 3 rings (SSSR count). The highest BCUT2D eigenvalue weighted by atomic mass is 127. The number of hydrogen-bond donors (Lipinski definition) is 0. The third-order valence-electron chi connectivity index (χ3n) is 2.85. The molecule has 3 heteroatoms. The first-order valence-electron chi connectivity index (χ1n) is 5.26. The molecule has 0 fully saturated rings. The number of rotatable bonds is 2. The molecule has 0 atom stereocenters. The SMILES string of the molecule is IOOc1cc2ccccc2c2ccccc12. The largest absolute Gasteiger partial charge is 0.327 e. The van der Waals surface area contributed by atoms with Gasteiger partial charge in [0.05, 0.1) is 0 Å². The first kappa shape index (κ1) is 10.8. The first-order chi connectivity index (χ1) is 8.40. The lowest BCUT2D eigenvalue weighted by Gasteiger charge is -2.08. The van der Waals surface area contributed by atoms with Crippen LogP contribution >= 0.6 is 23.0 Å². The molecule has 3 aromatic rings. The van der Waals surface area contributed by atoms with Crippen LogP contribution < -0.4 is 4.89 Å². The molecule has 0 bridgehead atoms. The van der Waals surface area contributed by atoms with Crippen LogP contribution in [0, 0.1) is 0 Å². The Labute approximate surface area is 113 Å². The Bertz CT molecular complexity index is 679. The minimum Gasteiger partial charge on any atom is -0.327 e. The van der Waals surface area contributed by atoms with Crippen molar-refractivity contribution >= 4 is 44.6 Å². The van der Waals surface area contributed by atoms with Crippen molar-refractivity contribution in [1.29, 1.82) is 0 Å². The number of fused-ring (bicyclic) bond motifs is 3. The summed E-state index contributed by atoms with van der Waals surface area (Å²) in [4.78, 5) is 5.21. The standard InChI is InChI=1S/C14H9IO2/c15-17-16-14-9-10-5-1-2-6-11(10)12-7-3-4-8-13(12)14/h1-9H. The Morgan fingerprint density at radius 1 is 0.765 bits per heavy atom. The van der Waals surface area contributed by atoms with Gasteiger partial charge < -0.3 is 4.89 Å². The van der Waals surface area contributed by atoms with E-state index < -0.39 is 0 Å². The lowest BCUT2D eigenvalue weighted by Crippen LogP contribution is -1.88. The van der Waals surface area contributed by atoms with Gasteiger partial charge in [-0.15, -0.1) is 3.22 Å². The number of benzene rings is 3. The van der Waals surface area contributed by atoms with Crippen LogP contribution in [0.2, 0.25) is 0 Å². The predicted molar refractivity (Wildman–Crippen MR) is 77.2 cm³/mol. The van der Waals surface area contributed by atoms with Crippen LogP contribution in [-0.2, 0) is 3.22 Å². The van der Waals surface area contributed by atoms with Gasteiger partial charge in [-0.05, 0) is 22.2 Å². The predicted octanol–water partition coefficient (Wildman–Crippen LogP) is 4.65. The van der Waals surface area contributed by atoms with E-state index in [0.717, 1.165) is 16.5 Å². The Balaban J connectivity index is 2.45. The molecule has 0 heterocycles. The summed E-state index contributed by atoms with van der Waals surface area (Å²) in [5.74, 6) is 0.744. The van der Waals surface area contributed by atoms with Crippen LogP contribution in [0.4, 0.5) is 0 Å². The van der Waals surface area contributed by atoms with Gasteiger partial charge in [-0.1, -0.05) is 48.5 Å². The Hall–Kier alpha value is -1.33. The second kappa shape index (κ2) is 4.50. The topological polar surface area (TPSA) is 18.5 Å². The van der Waals surface area contributed by atoms with Crippen molar-refractivity contribution in [2.24, 2.45) is 0 Å². The molecule has 0 unspecified atom stereocenters. The van der Waals surface area contributed by atoms with Crippen molar-refractivity contribution in [3.05, 3.63) is 54.6 Å². The van der Waals surface area contributed by atoms with Crippen LogP contribution in [0.15, 0.2) is 54.6 Å². The molecule has 0 aliphatic heterocycles. The average Bonchev–Trinajstić information content (AvgIpc) is 2.39. The molecule has 17 heavy (non-hydrogen) atoms. The third-order valence-corrected chi connectivity index (χ3v) is 3.03. The van der Waals surface area contributed by atoms with Crippen molar-refractivity contribution in [3.63, 3.8) is 0 Å². The molecule has 0 saturated heterocycles. The van der Waals surface area contributed by atoms with Crippen molar-refractivity contribution in [1.82, 2.24) is 0 Å². The molecule has 0 radical (unpaired) electrons. The molecule has 0 amide bonds. The Morgan fingerprint density at radius 2 is 1.41 bits per heavy atom. The van der Waals surface area contributed by atoms with Gasteiger partial charge in [0.25, 0.3) is 0 Å². The minimum atomic E-state index is 0.744. The quantitative estimate of drug-likeness (QED) is 0.293. The van der Waals surface area contributed by atoms with Gasteiger partial charge in [-0.3, -0.25) is 0 Å². The third kappa shape index (κ3) is 1.85. The summed E-state index contributed by atoms with van der Waals surface area (Å²) in [6, 6.07) is 18.4. The second-order valence-electron chi connectivity index (χ2n) is 3.79. The fraction of sp³-hybridized carbons (Fsp3) is 0. The lowest BCUT2D eigenvalue weighted by molar-refractivity contribution is -0.0452. The maximum absolute atomic E-state index is 5.21. The van der Waals surface area contributed by atoms with Gasteiger partial charge >= 0.3 is 0 Å². The molecule has 0 aliphatic rings. The molecule has 0 spiro atoms. The van der Waals surface area contributed by atoms with E-state index in [4.69, 9.17) is 8.10 Å². The van der Waals surface area contributed by atoms with E-state index in [1.807, 2.05) is 36.4 Å². The fourth-order valence-corrected chi connectivity index (χ4v) is 2.32. The van der Waals surface area contributed by atoms with E-state index in [0.29, 0.717) is 0 Å². The van der Waals surface area contributed by atoms with E-state index in [1.54, 1.807) is 23.0 Å². The molecule has 3 aromatic carbocycles. The monoisotopic (exact) mass is 336 g/mol. The Kier molecular flexibility index (Phi) is 2.86. The normalized spacial score (nSPS) is 10.9. The maximum atomic E-state index is 5.21. The molecule has 2 nitrogen and oxygen atoms in total. The van der Waals surface area contributed by atoms with Gasteiger partial charge in [-0.2, -0.15) is 0 Å². The summed E-state index contributed by atoms with van der Waals surface area (Å²) < 4.78 is 4.75. The van der Waals surface area contributed by atoms with Crippen LogP contribution in [0.1, 0.15) is 0 Å². The van der Waals surface area contributed by atoms with E-state index in [9.17, 15) is 0 Å². The van der Waals surface area contributed by atoms with Crippen molar-refractivity contribution < 1.29 is 8.10 Å². The van der Waals surface area contributed by atoms with Crippen molar-refractivity contribution in [2.75, 3.05) is 0 Å². The zero-order valence-corrected chi connectivity index (χ0v) is 11.0. The molecule has 0 aliphatic carbocycles. The fourth-order valence-electron chi connectivity index (χ4n) is 2.12. The van der Waals surface area contributed by atoms with E-state index >= 15 is 0 Å². The first-order valence-corrected chi connectivity index (χ1v) is 6.14. The highest BCUT2D eigenvalue weighted by molar-refractivity contribution is 14.1. The molecular formula is C14H9IO2. The van der Waals surface area contributed by atoms with Gasteiger partial charge in [0.2, 0.25) is 0 Å². The van der Waals surface area contributed by atoms with Crippen LogP contribution in [0.5, 0.6) is 5.75 Å². The van der Waals surface area contributed by atoms with Crippen LogP contribution in [-0.4, -0.2) is 0 Å². The Morgan fingerprint density at radius 3 is 2.18 bits per heavy atom. The van der Waals surface area contributed by atoms with E-state index in [1.165, 1.54) is 10.8 Å². The summed E-state index contributed by atoms with van der Waals surface area (Å²) in [6.07, 6.45) is 0. The average molecular weight is 336 g/mol. The molecule has 0 aromatic heterocycles. The molecular weight excluding hydrogens is 327 g/mol. The summed E-state index contributed by atoms with van der Waals surface area (Å²) in [5.41, 5.74) is 0. The number of hydrogen-bond acceptors (Lipinski definition) is 2. The molecule has 0 N–H and O–H groups in total. The lowest BCUT2D eigenvalue weighted by atomic mass is 10.0. The second-order valence-corrected chi connectivity index (χ2v) is 4.15. The summed E-state index contributed by atoms with van der Waals surface area (Å²) in [6.45, 7) is 0. The zero-order valence-electron chi connectivity index (χ0n) is 8.89. The number of halogens is 1. The van der Waals surface area contributed by atoms with Crippen LogP contribution in [0.25, 0.3) is 21.5 Å². The van der Waals surface area contributed by atoms with E-state index in [2.05, 4.69) is 18.2 Å². The summed E-state index contributed by atoms with van der Waals surface area (Å²) in [5, 5.41) is 4.61. The van der Waals surface area contributed by atoms with Crippen molar-refractivity contribution in [3.8, 4) is 5.75 Å². The van der Waals surface area contributed by atoms with Crippen molar-refractivity contribution in [2.45, 2.75) is 0 Å². The van der Waals surface area contributed by atoms with Crippen LogP contribution in [0.3, 0.4) is 0 Å². The minimum absolute atomic E-state index is 0.744. The zero-order chi connectivity index (χ0) is 11.7. The van der Waals surface area contributed by atoms with Gasteiger partial charge in [0.1, 0.15) is 0 Å². The summed E-state index contributed by atoms with van der Waals surface area (Å²) in [7, 11) is 0. The summed E-state index contributed by atoms with van der Waals surface area (Å²) >= 11 is 1.73. The maximum Gasteiger partial charge on any atom is 0.174 e. The molecule has 0 saturated carbocycles. The highest BCUT2D eigenvalue weighted by Crippen LogP contribution is 2.33. The van der Waals surface area contributed by atoms with E-state index in [-0.39, 0.29) is 0 Å². The van der Waals surface area contributed by atoms with Gasteiger partial charge in [0.15, 0.2) is 28.8 Å². The highest BCUT2D eigenvalue weighted by Gasteiger charge is 2.07. The molecule has 84 valence electrons. The van der Waals surface area contributed by atoms with Gasteiger partial charge in [-0.25, -0.2) is 0 Å². The van der Waals surface area contributed by atoms with Gasteiger partial charge in [0, 0.05) is 5.39 Å².